The fourth-order valence-electron chi connectivity index (χ4n) is 2.00. The highest BCUT2D eigenvalue weighted by Gasteiger charge is 2.20. The summed E-state index contributed by atoms with van der Waals surface area (Å²) in [5.74, 6) is 0.455. The van der Waals surface area contributed by atoms with Crippen molar-refractivity contribution < 1.29 is 9.53 Å². The molecule has 102 valence electrons. The summed E-state index contributed by atoms with van der Waals surface area (Å²) in [7, 11) is 0. The van der Waals surface area contributed by atoms with Crippen molar-refractivity contribution in [1.29, 1.82) is 0 Å². The monoisotopic (exact) mass is 242 g/mol. The van der Waals surface area contributed by atoms with E-state index < -0.39 is 0 Å². The Morgan fingerprint density at radius 2 is 1.59 bits per heavy atom. The molecule has 0 N–H and O–H groups in total. The highest BCUT2D eigenvalue weighted by Crippen LogP contribution is 2.20. The molecule has 0 aliphatic carbocycles. The highest BCUT2D eigenvalue weighted by atomic mass is 16.5. The number of unbranched alkanes of at least 4 members (excludes halogenated alkanes) is 5. The van der Waals surface area contributed by atoms with Gasteiger partial charge >= 0.3 is 5.97 Å². The summed E-state index contributed by atoms with van der Waals surface area (Å²) < 4.78 is 5.05. The molecule has 0 bridgehead atoms. The predicted molar refractivity (Wildman–Crippen MR) is 73.0 cm³/mol. The second-order valence-electron chi connectivity index (χ2n) is 5.07. The van der Waals surface area contributed by atoms with Crippen LogP contribution in [-0.4, -0.2) is 12.6 Å². The molecule has 2 nitrogen and oxygen atoms in total. The van der Waals surface area contributed by atoms with Crippen LogP contribution in [0.15, 0.2) is 0 Å². The Kier molecular flexibility index (Phi) is 10.3. The number of ether oxygens (including phenoxy) is 1. The van der Waals surface area contributed by atoms with E-state index in [0.29, 0.717) is 12.5 Å². The molecule has 0 aliphatic heterocycles. The van der Waals surface area contributed by atoms with Crippen molar-refractivity contribution in [2.24, 2.45) is 11.8 Å². The van der Waals surface area contributed by atoms with Crippen LogP contribution in [0, 0.1) is 11.8 Å². The molecule has 0 rings (SSSR count). The van der Waals surface area contributed by atoms with Gasteiger partial charge in [-0.05, 0) is 19.3 Å². The van der Waals surface area contributed by atoms with Crippen LogP contribution in [-0.2, 0) is 9.53 Å². The minimum Gasteiger partial charge on any atom is -0.466 e. The Labute approximate surface area is 107 Å². The normalized spacial score (nSPS) is 14.4. The van der Waals surface area contributed by atoms with E-state index in [4.69, 9.17) is 4.74 Å². The largest absolute Gasteiger partial charge is 0.466 e. The van der Waals surface area contributed by atoms with Crippen molar-refractivity contribution in [3.8, 4) is 0 Å². The van der Waals surface area contributed by atoms with Gasteiger partial charge in [0, 0.05) is 0 Å². The molecule has 0 saturated heterocycles. The van der Waals surface area contributed by atoms with Gasteiger partial charge in [0.1, 0.15) is 0 Å². The lowest BCUT2D eigenvalue weighted by Crippen LogP contribution is -2.21. The Balaban J connectivity index is 3.56. The molecule has 0 amide bonds. The van der Waals surface area contributed by atoms with Gasteiger partial charge in [0.2, 0.25) is 0 Å². The number of carbonyl (C=O) groups excluding carboxylic acids is 1. The van der Waals surface area contributed by atoms with Crippen LogP contribution in [0.25, 0.3) is 0 Å². The predicted octanol–water partition coefficient (Wildman–Crippen LogP) is 4.57. The number of esters is 1. The molecule has 0 fully saturated rings. The standard InChI is InChI=1S/C15H30O2/c1-5-7-8-9-10-11-12-13(3)14(4)15(16)17-6-2/h13-14H,5-12H2,1-4H3. The topological polar surface area (TPSA) is 26.3 Å². The molecule has 17 heavy (non-hydrogen) atoms. The van der Waals surface area contributed by atoms with Gasteiger partial charge in [0.25, 0.3) is 0 Å². The first-order chi connectivity index (χ1) is 8.13. The van der Waals surface area contributed by atoms with Crippen LogP contribution in [0.1, 0.15) is 72.6 Å². The summed E-state index contributed by atoms with van der Waals surface area (Å²) >= 11 is 0. The van der Waals surface area contributed by atoms with Crippen molar-refractivity contribution in [2.75, 3.05) is 6.61 Å². The van der Waals surface area contributed by atoms with Gasteiger partial charge < -0.3 is 4.74 Å². The summed E-state index contributed by atoms with van der Waals surface area (Å²) in [4.78, 5) is 11.5. The van der Waals surface area contributed by atoms with Crippen LogP contribution < -0.4 is 0 Å². The van der Waals surface area contributed by atoms with Crippen LogP contribution in [0.2, 0.25) is 0 Å². The van der Waals surface area contributed by atoms with Crippen molar-refractivity contribution in [1.82, 2.24) is 0 Å². The number of hydrogen-bond donors (Lipinski definition) is 0. The smallest absolute Gasteiger partial charge is 0.308 e. The van der Waals surface area contributed by atoms with Gasteiger partial charge in [-0.1, -0.05) is 59.3 Å². The second-order valence-corrected chi connectivity index (χ2v) is 5.07. The maximum atomic E-state index is 11.5. The third-order valence-electron chi connectivity index (χ3n) is 3.52. The molecule has 2 heteroatoms. The molecule has 2 unspecified atom stereocenters. The number of rotatable bonds is 10. The average Bonchev–Trinajstić information content (AvgIpc) is 2.32. The number of carbonyl (C=O) groups is 1. The van der Waals surface area contributed by atoms with Crippen molar-refractivity contribution in [3.63, 3.8) is 0 Å². The quantitative estimate of drug-likeness (QED) is 0.414. The Morgan fingerprint density at radius 3 is 2.18 bits per heavy atom. The van der Waals surface area contributed by atoms with Gasteiger partial charge in [0.05, 0.1) is 12.5 Å². The molecule has 2 atom stereocenters. The van der Waals surface area contributed by atoms with E-state index in [9.17, 15) is 4.79 Å². The summed E-state index contributed by atoms with van der Waals surface area (Å²) in [6.07, 6.45) is 9.05. The van der Waals surface area contributed by atoms with Gasteiger partial charge in [0.15, 0.2) is 0 Å². The highest BCUT2D eigenvalue weighted by molar-refractivity contribution is 5.72. The lowest BCUT2D eigenvalue weighted by Gasteiger charge is -2.18. The minimum atomic E-state index is -0.0361. The van der Waals surface area contributed by atoms with E-state index in [1.807, 2.05) is 13.8 Å². The van der Waals surface area contributed by atoms with Gasteiger partial charge in [-0.25, -0.2) is 0 Å². The van der Waals surface area contributed by atoms with Crippen LogP contribution >= 0.6 is 0 Å². The molecular formula is C15H30O2. The summed E-state index contributed by atoms with van der Waals surface area (Å²) in [6, 6.07) is 0. The molecule has 0 heterocycles. The first-order valence-corrected chi connectivity index (χ1v) is 7.30. The van der Waals surface area contributed by atoms with Crippen molar-refractivity contribution in [2.45, 2.75) is 72.6 Å². The Morgan fingerprint density at radius 1 is 1.00 bits per heavy atom. The molecule has 0 aromatic carbocycles. The van der Waals surface area contributed by atoms with Crippen LogP contribution in [0.5, 0.6) is 0 Å². The summed E-state index contributed by atoms with van der Waals surface area (Å²) in [6.45, 7) is 8.74. The zero-order valence-corrected chi connectivity index (χ0v) is 12.1. The first-order valence-electron chi connectivity index (χ1n) is 7.30. The first kappa shape index (κ1) is 16.5. The molecule has 0 aromatic heterocycles. The van der Waals surface area contributed by atoms with E-state index in [2.05, 4.69) is 13.8 Å². The Hall–Kier alpha value is -0.530. The minimum absolute atomic E-state index is 0.0361. The van der Waals surface area contributed by atoms with Crippen LogP contribution in [0.4, 0.5) is 0 Å². The van der Waals surface area contributed by atoms with E-state index in [-0.39, 0.29) is 11.9 Å². The second kappa shape index (κ2) is 10.6. The molecular weight excluding hydrogens is 212 g/mol. The van der Waals surface area contributed by atoms with Gasteiger partial charge in [-0.15, -0.1) is 0 Å². The Bertz CT molecular complexity index is 189. The molecule has 0 aliphatic rings. The zero-order valence-electron chi connectivity index (χ0n) is 12.1. The van der Waals surface area contributed by atoms with Gasteiger partial charge in [-0.3, -0.25) is 4.79 Å². The third-order valence-corrected chi connectivity index (χ3v) is 3.52. The van der Waals surface area contributed by atoms with Crippen molar-refractivity contribution in [3.05, 3.63) is 0 Å². The SMILES string of the molecule is CCCCCCCCC(C)C(C)C(=O)OCC. The average molecular weight is 242 g/mol. The third kappa shape index (κ3) is 8.23. The molecule has 0 saturated carbocycles. The van der Waals surface area contributed by atoms with Crippen LogP contribution in [0.3, 0.4) is 0 Å². The number of hydrogen-bond acceptors (Lipinski definition) is 2. The van der Waals surface area contributed by atoms with Crippen molar-refractivity contribution >= 4 is 5.97 Å². The van der Waals surface area contributed by atoms with E-state index in [1.54, 1.807) is 0 Å². The van der Waals surface area contributed by atoms with E-state index in [0.717, 1.165) is 6.42 Å². The molecule has 0 aromatic rings. The zero-order chi connectivity index (χ0) is 13.1. The van der Waals surface area contributed by atoms with Gasteiger partial charge in [-0.2, -0.15) is 0 Å². The molecule has 0 radical (unpaired) electrons. The summed E-state index contributed by atoms with van der Waals surface area (Å²) in [5, 5.41) is 0. The maximum Gasteiger partial charge on any atom is 0.308 e. The maximum absolute atomic E-state index is 11.5. The van der Waals surface area contributed by atoms with E-state index >= 15 is 0 Å². The lowest BCUT2D eigenvalue weighted by atomic mass is 9.90. The fraction of sp³-hybridized carbons (Fsp3) is 0.933. The molecule has 0 spiro atoms. The fourth-order valence-corrected chi connectivity index (χ4v) is 2.00. The van der Waals surface area contributed by atoms with E-state index in [1.165, 1.54) is 38.5 Å². The lowest BCUT2D eigenvalue weighted by molar-refractivity contribution is -0.149. The summed E-state index contributed by atoms with van der Waals surface area (Å²) in [5.41, 5.74) is 0.